The van der Waals surface area contributed by atoms with Gasteiger partial charge < -0.3 is 15.4 Å². The van der Waals surface area contributed by atoms with E-state index in [1.54, 1.807) is 48.5 Å². The molecule has 2 rings (SSSR count). The van der Waals surface area contributed by atoms with Crippen LogP contribution < -0.4 is 20.8 Å². The molecule has 0 fully saturated rings. The van der Waals surface area contributed by atoms with Crippen molar-refractivity contribution in [2.45, 2.75) is 6.92 Å². The molecule has 136 valence electrons. The van der Waals surface area contributed by atoms with Crippen LogP contribution in [0.5, 0.6) is 5.75 Å². The second kappa shape index (κ2) is 10.0. The van der Waals surface area contributed by atoms with Crippen LogP contribution in [0.1, 0.15) is 12.5 Å². The first-order chi connectivity index (χ1) is 12.6. The molecular weight excluding hydrogens is 356 g/mol. The fraction of sp³-hybridized carbons (Fsp3) is 0.167. The maximum Gasteiger partial charge on any atom is 0.319 e. The molecule has 3 amide bonds. The molecule has 3 N–H and O–H groups in total. The smallest absolute Gasteiger partial charge is 0.319 e. The van der Waals surface area contributed by atoms with Crippen LogP contribution in [0.25, 0.3) is 0 Å². The topological polar surface area (TPSA) is 91.8 Å². The molecule has 0 atom stereocenters. The van der Waals surface area contributed by atoms with E-state index in [9.17, 15) is 9.59 Å². The van der Waals surface area contributed by atoms with E-state index >= 15 is 0 Å². The number of benzene rings is 2. The van der Waals surface area contributed by atoms with Gasteiger partial charge in [0.15, 0.2) is 0 Å². The van der Waals surface area contributed by atoms with Gasteiger partial charge in [-0.15, -0.1) is 0 Å². The van der Waals surface area contributed by atoms with Gasteiger partial charge in [0.1, 0.15) is 12.3 Å². The maximum absolute atomic E-state index is 11.9. The molecule has 0 radical (unpaired) electrons. The first-order valence-corrected chi connectivity index (χ1v) is 8.30. The van der Waals surface area contributed by atoms with E-state index in [4.69, 9.17) is 16.3 Å². The first-order valence-electron chi connectivity index (χ1n) is 7.92. The number of carbonyl (C=O) groups excluding carboxylic acids is 2. The van der Waals surface area contributed by atoms with Gasteiger partial charge in [0, 0.05) is 5.02 Å². The Hall–Kier alpha value is -3.06. The molecule has 0 aliphatic heterocycles. The van der Waals surface area contributed by atoms with Gasteiger partial charge in [0.25, 0.3) is 5.91 Å². The minimum Gasteiger partial charge on any atom is -0.492 e. The standard InChI is InChI=1S/C18H19ClN4O3/c1-2-26-16-6-4-3-5-15(16)22-18(25)20-12-17(24)23-21-11-13-7-9-14(19)10-8-13/h3-11H,2,12H2,1H3,(H,23,24)(H2,20,22,25)/b21-11+. The number of anilines is 1. The third-order valence-electron chi connectivity index (χ3n) is 3.12. The van der Waals surface area contributed by atoms with Gasteiger partial charge in [-0.25, -0.2) is 10.2 Å². The summed E-state index contributed by atoms with van der Waals surface area (Å²) in [6, 6.07) is 13.5. The molecule has 26 heavy (non-hydrogen) atoms. The van der Waals surface area contributed by atoms with Gasteiger partial charge >= 0.3 is 6.03 Å². The molecule has 2 aromatic rings. The van der Waals surface area contributed by atoms with Crippen molar-refractivity contribution in [2.75, 3.05) is 18.5 Å². The van der Waals surface area contributed by atoms with Gasteiger partial charge in [0.05, 0.1) is 18.5 Å². The van der Waals surface area contributed by atoms with Crippen LogP contribution in [0.3, 0.4) is 0 Å². The number of hydrazone groups is 1. The Morgan fingerprint density at radius 3 is 2.62 bits per heavy atom. The molecule has 0 bridgehead atoms. The zero-order valence-electron chi connectivity index (χ0n) is 14.2. The normalized spacial score (nSPS) is 10.4. The summed E-state index contributed by atoms with van der Waals surface area (Å²) in [7, 11) is 0. The van der Waals surface area contributed by atoms with Gasteiger partial charge in [0.2, 0.25) is 0 Å². The molecule has 7 nitrogen and oxygen atoms in total. The van der Waals surface area contributed by atoms with Crippen LogP contribution in [0, 0.1) is 0 Å². The molecule has 8 heteroatoms. The Balaban J connectivity index is 1.76. The Bertz CT molecular complexity index is 778. The van der Waals surface area contributed by atoms with Crippen molar-refractivity contribution in [1.82, 2.24) is 10.7 Å². The maximum atomic E-state index is 11.9. The molecule has 0 saturated heterocycles. The zero-order chi connectivity index (χ0) is 18.8. The van der Waals surface area contributed by atoms with Crippen molar-refractivity contribution in [3.63, 3.8) is 0 Å². The average Bonchev–Trinajstić information content (AvgIpc) is 2.63. The summed E-state index contributed by atoms with van der Waals surface area (Å²) >= 11 is 5.78. The summed E-state index contributed by atoms with van der Waals surface area (Å²) in [5.74, 6) is 0.102. The Labute approximate surface area is 156 Å². The Morgan fingerprint density at radius 2 is 1.88 bits per heavy atom. The predicted molar refractivity (Wildman–Crippen MR) is 102 cm³/mol. The number of hydrogen-bond donors (Lipinski definition) is 3. The molecule has 0 saturated carbocycles. The lowest BCUT2D eigenvalue weighted by molar-refractivity contribution is -0.120. The van der Waals surface area contributed by atoms with Gasteiger partial charge in [-0.1, -0.05) is 35.9 Å². The fourth-order valence-electron chi connectivity index (χ4n) is 1.95. The van der Waals surface area contributed by atoms with Gasteiger partial charge in [-0.05, 0) is 36.8 Å². The molecule has 0 unspecified atom stereocenters. The number of rotatable bonds is 7. The average molecular weight is 375 g/mol. The summed E-state index contributed by atoms with van der Waals surface area (Å²) in [5, 5.41) is 9.51. The van der Waals surface area contributed by atoms with E-state index in [1.807, 2.05) is 6.92 Å². The van der Waals surface area contributed by atoms with Crippen LogP contribution in [0.2, 0.25) is 5.02 Å². The monoisotopic (exact) mass is 374 g/mol. The van der Waals surface area contributed by atoms with Gasteiger partial charge in [-0.3, -0.25) is 4.79 Å². The van der Waals surface area contributed by atoms with E-state index in [1.165, 1.54) is 6.21 Å². The van der Waals surface area contributed by atoms with Crippen molar-refractivity contribution in [1.29, 1.82) is 0 Å². The van der Waals surface area contributed by atoms with Crippen LogP contribution in [-0.2, 0) is 4.79 Å². The lowest BCUT2D eigenvalue weighted by Gasteiger charge is -2.11. The highest BCUT2D eigenvalue weighted by atomic mass is 35.5. The molecule has 2 aromatic carbocycles. The number of nitrogens with one attached hydrogen (secondary N) is 3. The largest absolute Gasteiger partial charge is 0.492 e. The summed E-state index contributed by atoms with van der Waals surface area (Å²) in [6.07, 6.45) is 1.48. The third kappa shape index (κ3) is 6.45. The number of ether oxygens (including phenoxy) is 1. The van der Waals surface area contributed by atoms with Crippen LogP contribution in [0.4, 0.5) is 10.5 Å². The number of carbonyl (C=O) groups is 2. The summed E-state index contributed by atoms with van der Waals surface area (Å²) in [6.45, 7) is 2.11. The van der Waals surface area contributed by atoms with Crippen LogP contribution in [0.15, 0.2) is 53.6 Å². The molecule has 0 aromatic heterocycles. The highest BCUT2D eigenvalue weighted by molar-refractivity contribution is 6.30. The molecule has 0 aliphatic rings. The lowest BCUT2D eigenvalue weighted by atomic mass is 10.2. The van der Waals surface area contributed by atoms with Crippen molar-refractivity contribution in [3.05, 3.63) is 59.1 Å². The number of hydrogen-bond acceptors (Lipinski definition) is 4. The highest BCUT2D eigenvalue weighted by Gasteiger charge is 2.08. The van der Waals surface area contributed by atoms with Crippen molar-refractivity contribution in [2.24, 2.45) is 5.10 Å². The van der Waals surface area contributed by atoms with Crippen molar-refractivity contribution >= 4 is 35.4 Å². The molecule has 0 spiro atoms. The fourth-order valence-corrected chi connectivity index (χ4v) is 2.07. The van der Waals surface area contributed by atoms with Gasteiger partial charge in [-0.2, -0.15) is 5.10 Å². The predicted octanol–water partition coefficient (Wildman–Crippen LogP) is 3.01. The second-order valence-corrected chi connectivity index (χ2v) is 5.52. The quantitative estimate of drug-likeness (QED) is 0.514. The highest BCUT2D eigenvalue weighted by Crippen LogP contribution is 2.23. The first kappa shape index (κ1) is 19.3. The van der Waals surface area contributed by atoms with E-state index in [-0.39, 0.29) is 6.54 Å². The van der Waals surface area contributed by atoms with E-state index in [0.29, 0.717) is 23.1 Å². The second-order valence-electron chi connectivity index (χ2n) is 5.08. The van der Waals surface area contributed by atoms with E-state index < -0.39 is 11.9 Å². The SMILES string of the molecule is CCOc1ccccc1NC(=O)NCC(=O)N/N=C/c1ccc(Cl)cc1. The van der Waals surface area contributed by atoms with E-state index in [2.05, 4.69) is 21.2 Å². The number of urea groups is 1. The Morgan fingerprint density at radius 1 is 1.15 bits per heavy atom. The van der Waals surface area contributed by atoms with Crippen molar-refractivity contribution in [3.8, 4) is 5.75 Å². The Kier molecular flexibility index (Phi) is 7.45. The molecule has 0 heterocycles. The molecule has 0 aliphatic carbocycles. The number of nitrogens with zero attached hydrogens (tertiary/aromatic N) is 1. The lowest BCUT2D eigenvalue weighted by Crippen LogP contribution is -2.37. The summed E-state index contributed by atoms with van der Waals surface area (Å²) in [4.78, 5) is 23.6. The molecular formula is C18H19ClN4O3. The minimum atomic E-state index is -0.519. The van der Waals surface area contributed by atoms with Crippen LogP contribution in [-0.4, -0.2) is 31.3 Å². The summed E-state index contributed by atoms with van der Waals surface area (Å²) < 4.78 is 5.42. The third-order valence-corrected chi connectivity index (χ3v) is 3.37. The summed E-state index contributed by atoms with van der Waals surface area (Å²) in [5.41, 5.74) is 3.63. The number of amides is 3. The van der Waals surface area contributed by atoms with Crippen LogP contribution >= 0.6 is 11.6 Å². The van der Waals surface area contributed by atoms with E-state index in [0.717, 1.165) is 5.56 Å². The minimum absolute atomic E-state index is 0.222. The number of para-hydroxylation sites is 2. The number of halogens is 1. The van der Waals surface area contributed by atoms with Crippen molar-refractivity contribution < 1.29 is 14.3 Å². The zero-order valence-corrected chi connectivity index (χ0v) is 14.9.